The summed E-state index contributed by atoms with van der Waals surface area (Å²) in [6, 6.07) is 12.0. The minimum absolute atomic E-state index is 0.258. The Morgan fingerprint density at radius 2 is 1.70 bits per heavy atom. The van der Waals surface area contributed by atoms with E-state index in [9.17, 15) is 17.6 Å². The largest absolute Gasteiger partial charge is 0.323 e. The maximum atomic E-state index is 12.8. The number of primary sulfonamides is 1. The van der Waals surface area contributed by atoms with E-state index in [1.165, 1.54) is 18.2 Å². The van der Waals surface area contributed by atoms with Crippen LogP contribution in [0.15, 0.2) is 54.6 Å². The molecule has 23 heavy (non-hydrogen) atoms. The fourth-order valence-corrected chi connectivity index (χ4v) is 2.50. The van der Waals surface area contributed by atoms with E-state index < -0.39 is 10.0 Å². The molecule has 2 aromatic carbocycles. The first-order valence-corrected chi connectivity index (χ1v) is 8.37. The zero-order valence-corrected chi connectivity index (χ0v) is 12.9. The number of amides is 1. The minimum Gasteiger partial charge on any atom is -0.323 e. The van der Waals surface area contributed by atoms with Crippen molar-refractivity contribution in [3.63, 3.8) is 0 Å². The van der Waals surface area contributed by atoms with Crippen LogP contribution in [0.25, 0.3) is 6.08 Å². The van der Waals surface area contributed by atoms with Gasteiger partial charge in [0.15, 0.2) is 0 Å². The van der Waals surface area contributed by atoms with E-state index in [2.05, 4.69) is 5.32 Å². The van der Waals surface area contributed by atoms with Gasteiger partial charge in [-0.1, -0.05) is 24.3 Å². The lowest BCUT2D eigenvalue weighted by Crippen LogP contribution is -2.14. The van der Waals surface area contributed by atoms with Gasteiger partial charge in [-0.3, -0.25) is 4.79 Å². The molecule has 0 saturated heterocycles. The van der Waals surface area contributed by atoms with Gasteiger partial charge in [0.25, 0.3) is 0 Å². The van der Waals surface area contributed by atoms with Crippen molar-refractivity contribution in [2.24, 2.45) is 5.14 Å². The molecule has 3 N–H and O–H groups in total. The van der Waals surface area contributed by atoms with Crippen LogP contribution in [0.1, 0.15) is 11.1 Å². The van der Waals surface area contributed by atoms with Gasteiger partial charge in [-0.05, 0) is 41.5 Å². The predicted octanol–water partition coefficient (Wildman–Crippen LogP) is 2.27. The van der Waals surface area contributed by atoms with Gasteiger partial charge in [0.2, 0.25) is 15.9 Å². The topological polar surface area (TPSA) is 89.3 Å². The second kappa shape index (κ2) is 7.17. The second-order valence-corrected chi connectivity index (χ2v) is 6.49. The molecule has 5 nitrogen and oxygen atoms in total. The first kappa shape index (κ1) is 16.9. The van der Waals surface area contributed by atoms with Gasteiger partial charge in [-0.2, -0.15) is 0 Å². The van der Waals surface area contributed by atoms with Crippen LogP contribution in [0.3, 0.4) is 0 Å². The molecular weight excluding hydrogens is 319 g/mol. The summed E-state index contributed by atoms with van der Waals surface area (Å²) in [4.78, 5) is 11.8. The van der Waals surface area contributed by atoms with Gasteiger partial charge in [-0.15, -0.1) is 0 Å². The third-order valence-electron chi connectivity index (χ3n) is 2.89. The number of nitrogens with two attached hydrogens (primary N) is 1. The molecule has 120 valence electrons. The van der Waals surface area contributed by atoms with Crippen molar-refractivity contribution < 1.29 is 17.6 Å². The zero-order valence-electron chi connectivity index (χ0n) is 12.1. The Bertz CT molecular complexity index is 813. The van der Waals surface area contributed by atoms with Gasteiger partial charge < -0.3 is 5.32 Å². The van der Waals surface area contributed by atoms with Crippen molar-refractivity contribution in [3.8, 4) is 0 Å². The number of sulfonamides is 1. The average Bonchev–Trinajstić information content (AvgIpc) is 2.47. The zero-order chi connectivity index (χ0) is 16.9. The number of halogens is 1. The van der Waals surface area contributed by atoms with Crippen molar-refractivity contribution in [3.05, 3.63) is 71.6 Å². The Kier molecular flexibility index (Phi) is 5.25. The Hall–Kier alpha value is -2.51. The number of hydrogen-bond acceptors (Lipinski definition) is 3. The molecule has 0 fully saturated rings. The van der Waals surface area contributed by atoms with E-state index in [1.54, 1.807) is 42.5 Å². The van der Waals surface area contributed by atoms with Crippen LogP contribution in [-0.2, 0) is 20.6 Å². The van der Waals surface area contributed by atoms with Gasteiger partial charge in [0.05, 0.1) is 5.75 Å². The quantitative estimate of drug-likeness (QED) is 0.822. The van der Waals surface area contributed by atoms with Crippen molar-refractivity contribution in [1.29, 1.82) is 0 Å². The lowest BCUT2D eigenvalue weighted by Gasteiger charge is -2.04. The Morgan fingerprint density at radius 3 is 2.26 bits per heavy atom. The Labute approximate surface area is 133 Å². The molecule has 0 radical (unpaired) electrons. The number of anilines is 1. The highest BCUT2D eigenvalue weighted by Gasteiger charge is 2.05. The highest BCUT2D eigenvalue weighted by molar-refractivity contribution is 7.88. The average molecular weight is 334 g/mol. The van der Waals surface area contributed by atoms with Crippen LogP contribution >= 0.6 is 0 Å². The van der Waals surface area contributed by atoms with Gasteiger partial charge in [0, 0.05) is 11.8 Å². The van der Waals surface area contributed by atoms with Crippen LogP contribution in [0.5, 0.6) is 0 Å². The van der Waals surface area contributed by atoms with E-state index in [1.807, 2.05) is 0 Å². The standard InChI is InChI=1S/C16H15FN2O3S/c17-14-6-1-12(2-7-14)5-10-16(20)19-15-8-3-13(4-9-15)11-23(18,21)22/h1-10H,11H2,(H,19,20)(H2,18,21,22)/b10-5+. The summed E-state index contributed by atoms with van der Waals surface area (Å²) >= 11 is 0. The third-order valence-corrected chi connectivity index (χ3v) is 3.62. The molecule has 1 amide bonds. The van der Waals surface area contributed by atoms with Crippen LogP contribution in [0.4, 0.5) is 10.1 Å². The SMILES string of the molecule is NS(=O)(=O)Cc1ccc(NC(=O)/C=C/c2ccc(F)cc2)cc1. The van der Waals surface area contributed by atoms with Crippen molar-refractivity contribution in [2.45, 2.75) is 5.75 Å². The molecule has 0 heterocycles. The predicted molar refractivity (Wildman–Crippen MR) is 87.3 cm³/mol. The van der Waals surface area contributed by atoms with Gasteiger partial charge >= 0.3 is 0 Å². The number of rotatable bonds is 5. The van der Waals surface area contributed by atoms with Crippen LogP contribution in [0.2, 0.25) is 0 Å². The molecule has 0 atom stereocenters. The van der Waals surface area contributed by atoms with Crippen LogP contribution in [-0.4, -0.2) is 14.3 Å². The maximum Gasteiger partial charge on any atom is 0.248 e. The number of nitrogens with one attached hydrogen (secondary N) is 1. The smallest absolute Gasteiger partial charge is 0.248 e. The summed E-state index contributed by atoms with van der Waals surface area (Å²) in [5.74, 6) is -0.953. The molecule has 0 bridgehead atoms. The summed E-state index contributed by atoms with van der Waals surface area (Å²) in [7, 11) is -3.58. The fourth-order valence-electron chi connectivity index (χ4n) is 1.85. The second-order valence-electron chi connectivity index (χ2n) is 4.88. The summed E-state index contributed by atoms with van der Waals surface area (Å²) < 4.78 is 34.7. The summed E-state index contributed by atoms with van der Waals surface area (Å²) in [5.41, 5.74) is 1.76. The minimum atomic E-state index is -3.58. The molecule has 0 saturated carbocycles. The molecule has 0 aliphatic rings. The van der Waals surface area contributed by atoms with E-state index in [0.29, 0.717) is 16.8 Å². The lowest BCUT2D eigenvalue weighted by atomic mass is 10.2. The highest BCUT2D eigenvalue weighted by atomic mass is 32.2. The van der Waals surface area contributed by atoms with Crippen molar-refractivity contribution in [1.82, 2.24) is 0 Å². The number of carbonyl (C=O) groups excluding carboxylic acids is 1. The van der Waals surface area contributed by atoms with Crippen LogP contribution in [0, 0.1) is 5.82 Å². The summed E-state index contributed by atoms with van der Waals surface area (Å²) in [6.45, 7) is 0. The van der Waals surface area contributed by atoms with E-state index >= 15 is 0 Å². The number of carbonyl (C=O) groups is 1. The number of benzene rings is 2. The third kappa shape index (κ3) is 6.01. The lowest BCUT2D eigenvalue weighted by molar-refractivity contribution is -0.111. The molecule has 7 heteroatoms. The maximum absolute atomic E-state index is 12.8. The Balaban J connectivity index is 1.96. The fraction of sp³-hybridized carbons (Fsp3) is 0.0625. The van der Waals surface area contributed by atoms with Crippen molar-refractivity contribution in [2.75, 3.05) is 5.32 Å². The molecule has 2 rings (SSSR count). The molecule has 0 aliphatic heterocycles. The molecule has 0 unspecified atom stereocenters. The molecule has 0 aromatic heterocycles. The molecular formula is C16H15FN2O3S. The van der Waals surface area contributed by atoms with Crippen LogP contribution < -0.4 is 10.5 Å². The first-order valence-electron chi connectivity index (χ1n) is 6.66. The van der Waals surface area contributed by atoms with E-state index in [0.717, 1.165) is 0 Å². The summed E-state index contributed by atoms with van der Waals surface area (Å²) in [6.07, 6.45) is 2.88. The van der Waals surface area contributed by atoms with Gasteiger partial charge in [0.1, 0.15) is 5.82 Å². The normalized spacial score (nSPS) is 11.6. The van der Waals surface area contributed by atoms with Crippen molar-refractivity contribution >= 4 is 27.7 Å². The van der Waals surface area contributed by atoms with E-state index in [-0.39, 0.29) is 17.5 Å². The highest BCUT2D eigenvalue weighted by Crippen LogP contribution is 2.11. The first-order chi connectivity index (χ1) is 10.8. The molecule has 0 aliphatic carbocycles. The number of hydrogen-bond donors (Lipinski definition) is 2. The molecule has 0 spiro atoms. The van der Waals surface area contributed by atoms with Gasteiger partial charge in [-0.25, -0.2) is 17.9 Å². The Morgan fingerprint density at radius 1 is 1.09 bits per heavy atom. The van der Waals surface area contributed by atoms with E-state index in [4.69, 9.17) is 5.14 Å². The monoisotopic (exact) mass is 334 g/mol. The molecule has 2 aromatic rings. The summed E-state index contributed by atoms with van der Waals surface area (Å²) in [5, 5.41) is 7.59.